The Morgan fingerprint density at radius 1 is 1.16 bits per heavy atom. The first-order chi connectivity index (χ1) is 14.7. The van der Waals surface area contributed by atoms with E-state index in [-0.39, 0.29) is 16.8 Å². The Hall–Kier alpha value is -1.62. The third-order valence-electron chi connectivity index (χ3n) is 4.69. The number of thiocarbonyl (C=S) groups is 1. The summed E-state index contributed by atoms with van der Waals surface area (Å²) < 4.78 is 42.4. The molecule has 1 aromatic carbocycles. The van der Waals surface area contributed by atoms with E-state index in [4.69, 9.17) is 26.2 Å². The van der Waals surface area contributed by atoms with Gasteiger partial charge in [0.15, 0.2) is 11.5 Å². The average molecular weight is 488 g/mol. The average Bonchev–Trinajstić information content (AvgIpc) is 2.98. The van der Waals surface area contributed by atoms with Gasteiger partial charge in [-0.05, 0) is 30.2 Å². The van der Waals surface area contributed by atoms with Gasteiger partial charge in [0.2, 0.25) is 0 Å². The molecule has 31 heavy (non-hydrogen) atoms. The Bertz CT molecular complexity index is 914. The Balaban J connectivity index is 1.98. The van der Waals surface area contributed by atoms with Gasteiger partial charge in [-0.1, -0.05) is 69.1 Å². The number of hydrogen-bond donors (Lipinski definition) is 1. The van der Waals surface area contributed by atoms with Gasteiger partial charge in [-0.15, -0.1) is 0 Å². The molecule has 1 aliphatic heterocycles. The van der Waals surface area contributed by atoms with Crippen molar-refractivity contribution in [3.63, 3.8) is 0 Å². The van der Waals surface area contributed by atoms with Crippen LogP contribution < -0.4 is 9.47 Å². The Labute approximate surface area is 193 Å². The Morgan fingerprint density at radius 2 is 1.87 bits per heavy atom. The standard InChI is InChI=1S/C21H29NO6S3/c1-3-4-5-6-7-8-12-28-17-10-9-16(14-18(17)27-2)15-19-20(23)22(21(29)30-19)11-13-31(24,25)26/h9-10,14-15H,3-8,11-13H2,1-2H3,(H,24,25,26)/b19-15-. The lowest BCUT2D eigenvalue weighted by Crippen LogP contribution is -2.32. The molecule has 10 heteroatoms. The lowest BCUT2D eigenvalue weighted by molar-refractivity contribution is -0.121. The van der Waals surface area contributed by atoms with Gasteiger partial charge in [0.1, 0.15) is 4.32 Å². The molecule has 0 aromatic heterocycles. The molecule has 1 aliphatic rings. The van der Waals surface area contributed by atoms with Gasteiger partial charge in [-0.3, -0.25) is 14.2 Å². The third-order valence-corrected chi connectivity index (χ3v) is 6.76. The number of thioether (sulfide) groups is 1. The number of methoxy groups -OCH3 is 1. The first-order valence-corrected chi connectivity index (χ1v) is 13.1. The molecular formula is C21H29NO6S3. The highest BCUT2D eigenvalue weighted by atomic mass is 32.2. The van der Waals surface area contributed by atoms with E-state index in [9.17, 15) is 13.2 Å². The van der Waals surface area contributed by atoms with Crippen LogP contribution in [0.2, 0.25) is 0 Å². The largest absolute Gasteiger partial charge is 0.493 e. The molecule has 0 aliphatic carbocycles. The fourth-order valence-electron chi connectivity index (χ4n) is 3.01. The molecular weight excluding hydrogens is 458 g/mol. The van der Waals surface area contributed by atoms with E-state index < -0.39 is 15.9 Å². The maximum Gasteiger partial charge on any atom is 0.266 e. The fourth-order valence-corrected chi connectivity index (χ4v) is 4.73. The molecule has 0 radical (unpaired) electrons. The van der Waals surface area contributed by atoms with Gasteiger partial charge in [-0.25, -0.2) is 0 Å². The van der Waals surface area contributed by atoms with E-state index in [2.05, 4.69) is 6.92 Å². The number of benzene rings is 1. The number of rotatable bonds is 13. The zero-order valence-electron chi connectivity index (χ0n) is 17.8. The second-order valence-corrected chi connectivity index (χ2v) is 10.4. The van der Waals surface area contributed by atoms with Crippen molar-refractivity contribution < 1.29 is 27.2 Å². The van der Waals surface area contributed by atoms with Crippen molar-refractivity contribution in [1.82, 2.24) is 4.90 Å². The van der Waals surface area contributed by atoms with Gasteiger partial charge in [0.25, 0.3) is 16.0 Å². The molecule has 0 atom stereocenters. The van der Waals surface area contributed by atoms with Gasteiger partial charge in [-0.2, -0.15) is 8.42 Å². The molecule has 1 saturated heterocycles. The van der Waals surface area contributed by atoms with E-state index in [0.29, 0.717) is 23.0 Å². The summed E-state index contributed by atoms with van der Waals surface area (Å²) in [7, 11) is -2.62. The normalized spacial score (nSPS) is 15.7. The van der Waals surface area contributed by atoms with Crippen molar-refractivity contribution in [1.29, 1.82) is 0 Å². The highest BCUT2D eigenvalue weighted by Crippen LogP contribution is 2.34. The van der Waals surface area contributed by atoms with Crippen LogP contribution in [0.15, 0.2) is 23.1 Å². The van der Waals surface area contributed by atoms with E-state index in [1.54, 1.807) is 25.3 Å². The quantitative estimate of drug-likeness (QED) is 0.188. The zero-order chi connectivity index (χ0) is 22.9. The summed E-state index contributed by atoms with van der Waals surface area (Å²) in [5, 5.41) is 0. The molecule has 1 aromatic rings. The van der Waals surface area contributed by atoms with E-state index >= 15 is 0 Å². The van der Waals surface area contributed by atoms with Crippen LogP contribution in [0.3, 0.4) is 0 Å². The van der Waals surface area contributed by atoms with Crippen LogP contribution in [0.1, 0.15) is 51.0 Å². The SMILES string of the molecule is CCCCCCCCOc1ccc(/C=C2\SC(=S)N(CCS(=O)(=O)O)C2=O)cc1OC. The van der Waals surface area contributed by atoms with Crippen molar-refractivity contribution in [2.75, 3.05) is 26.0 Å². The first-order valence-electron chi connectivity index (χ1n) is 10.3. The van der Waals surface area contributed by atoms with Gasteiger partial charge >= 0.3 is 0 Å². The highest BCUT2D eigenvalue weighted by Gasteiger charge is 2.32. The van der Waals surface area contributed by atoms with Crippen LogP contribution in [0.4, 0.5) is 0 Å². The second kappa shape index (κ2) is 12.4. The number of ether oxygens (including phenoxy) is 2. The van der Waals surface area contributed by atoms with Gasteiger partial charge in [0.05, 0.1) is 24.4 Å². The fraction of sp³-hybridized carbons (Fsp3) is 0.524. The molecule has 0 bridgehead atoms. The van der Waals surface area contributed by atoms with Crippen molar-refractivity contribution in [2.45, 2.75) is 45.4 Å². The third kappa shape index (κ3) is 8.44. The number of hydrogen-bond acceptors (Lipinski definition) is 7. The van der Waals surface area contributed by atoms with Crippen molar-refractivity contribution >= 4 is 50.4 Å². The minimum atomic E-state index is -4.18. The first kappa shape index (κ1) is 25.6. The molecule has 1 heterocycles. The lowest BCUT2D eigenvalue weighted by Gasteiger charge is -2.13. The highest BCUT2D eigenvalue weighted by molar-refractivity contribution is 8.26. The van der Waals surface area contributed by atoms with E-state index in [1.165, 1.54) is 30.6 Å². The van der Waals surface area contributed by atoms with Crippen LogP contribution in [0, 0.1) is 0 Å². The van der Waals surface area contributed by atoms with E-state index in [0.717, 1.165) is 30.2 Å². The maximum atomic E-state index is 12.5. The van der Waals surface area contributed by atoms with Crippen molar-refractivity contribution in [3.8, 4) is 11.5 Å². The summed E-state index contributed by atoms with van der Waals surface area (Å²) in [6.07, 6.45) is 8.78. The molecule has 0 unspecified atom stereocenters. The minimum Gasteiger partial charge on any atom is -0.493 e. The summed E-state index contributed by atoms with van der Waals surface area (Å²) in [4.78, 5) is 14.1. The van der Waals surface area contributed by atoms with Crippen LogP contribution >= 0.6 is 24.0 Å². The smallest absolute Gasteiger partial charge is 0.266 e. The summed E-state index contributed by atoms with van der Waals surface area (Å²) in [5.41, 5.74) is 0.735. The molecule has 1 fully saturated rings. The molecule has 1 N–H and O–H groups in total. The number of nitrogens with zero attached hydrogens (tertiary/aromatic N) is 1. The second-order valence-electron chi connectivity index (χ2n) is 7.15. The topological polar surface area (TPSA) is 93.1 Å². The summed E-state index contributed by atoms with van der Waals surface area (Å²) in [5.74, 6) is 0.266. The Kier molecular flexibility index (Phi) is 10.3. The Morgan fingerprint density at radius 3 is 2.55 bits per heavy atom. The molecule has 2 rings (SSSR count). The summed E-state index contributed by atoms with van der Waals surface area (Å²) >= 11 is 6.26. The summed E-state index contributed by atoms with van der Waals surface area (Å²) in [6, 6.07) is 5.41. The number of amides is 1. The number of carbonyl (C=O) groups is 1. The van der Waals surface area contributed by atoms with Gasteiger partial charge < -0.3 is 9.47 Å². The van der Waals surface area contributed by atoms with Crippen LogP contribution in [0.5, 0.6) is 11.5 Å². The predicted octanol–water partition coefficient (Wildman–Crippen LogP) is 4.52. The predicted molar refractivity (Wildman–Crippen MR) is 128 cm³/mol. The number of unbranched alkanes of at least 4 members (excludes halogenated alkanes) is 5. The van der Waals surface area contributed by atoms with Crippen LogP contribution in [0.25, 0.3) is 6.08 Å². The molecule has 0 saturated carbocycles. The van der Waals surface area contributed by atoms with Crippen molar-refractivity contribution in [2.24, 2.45) is 0 Å². The zero-order valence-corrected chi connectivity index (χ0v) is 20.3. The molecule has 172 valence electrons. The van der Waals surface area contributed by atoms with Crippen molar-refractivity contribution in [3.05, 3.63) is 28.7 Å². The minimum absolute atomic E-state index is 0.185. The van der Waals surface area contributed by atoms with Gasteiger partial charge in [0, 0.05) is 6.54 Å². The van der Waals surface area contributed by atoms with Crippen LogP contribution in [-0.2, 0) is 14.9 Å². The number of carbonyl (C=O) groups excluding carboxylic acids is 1. The molecule has 1 amide bonds. The molecule has 7 nitrogen and oxygen atoms in total. The van der Waals surface area contributed by atoms with Crippen LogP contribution in [-0.4, -0.2) is 54.1 Å². The monoisotopic (exact) mass is 487 g/mol. The molecule has 0 spiro atoms. The summed E-state index contributed by atoms with van der Waals surface area (Å²) in [6.45, 7) is 2.63. The lowest BCUT2D eigenvalue weighted by atomic mass is 10.1. The van der Waals surface area contributed by atoms with E-state index in [1.807, 2.05) is 6.07 Å². The maximum absolute atomic E-state index is 12.5.